The molecule has 4 heterocycles. The first-order valence-corrected chi connectivity index (χ1v) is 9.70. The summed E-state index contributed by atoms with van der Waals surface area (Å²) in [6.07, 6.45) is 5.17. The molecule has 1 atom stereocenters. The lowest BCUT2D eigenvalue weighted by Gasteiger charge is -2.31. The summed E-state index contributed by atoms with van der Waals surface area (Å²) in [6.45, 7) is 4.13. The third kappa shape index (κ3) is 3.57. The SMILES string of the molecule is c1cc(OC2CCN(Cc3nnc(C4CCOC4)o3)CC2)c2cc[nH]c2c1. The van der Waals surface area contributed by atoms with Gasteiger partial charge < -0.3 is 18.9 Å². The van der Waals surface area contributed by atoms with Gasteiger partial charge in [0.2, 0.25) is 11.8 Å². The zero-order chi connectivity index (χ0) is 18.1. The normalized spacial score (nSPS) is 21.9. The van der Waals surface area contributed by atoms with Gasteiger partial charge >= 0.3 is 0 Å². The first-order chi connectivity index (χ1) is 13.3. The van der Waals surface area contributed by atoms with Gasteiger partial charge in [-0.15, -0.1) is 10.2 Å². The Bertz CT molecular complexity index is 891. The molecule has 0 radical (unpaired) electrons. The molecule has 1 aromatic carbocycles. The predicted molar refractivity (Wildman–Crippen MR) is 99.7 cm³/mol. The molecule has 0 aliphatic carbocycles. The van der Waals surface area contributed by atoms with Gasteiger partial charge in [-0.25, -0.2) is 0 Å². The number of aromatic amines is 1. The minimum Gasteiger partial charge on any atom is -0.490 e. The largest absolute Gasteiger partial charge is 0.490 e. The van der Waals surface area contributed by atoms with Crippen LogP contribution in [0.5, 0.6) is 5.75 Å². The number of H-pyrrole nitrogens is 1. The van der Waals surface area contributed by atoms with Gasteiger partial charge in [0.05, 0.1) is 19.1 Å². The van der Waals surface area contributed by atoms with Crippen LogP contribution in [0.15, 0.2) is 34.9 Å². The molecule has 1 unspecified atom stereocenters. The molecule has 2 fully saturated rings. The Hall–Kier alpha value is -2.38. The molecule has 2 aliphatic heterocycles. The number of nitrogens with one attached hydrogen (secondary N) is 1. The van der Waals surface area contributed by atoms with Gasteiger partial charge in [0.1, 0.15) is 11.9 Å². The molecule has 1 N–H and O–H groups in total. The number of ether oxygens (including phenoxy) is 2. The fraction of sp³-hybridized carbons (Fsp3) is 0.500. The van der Waals surface area contributed by atoms with Crippen LogP contribution in [0, 0.1) is 0 Å². The van der Waals surface area contributed by atoms with Crippen LogP contribution in [-0.2, 0) is 11.3 Å². The van der Waals surface area contributed by atoms with Gasteiger partial charge in [-0.1, -0.05) is 6.07 Å². The summed E-state index contributed by atoms with van der Waals surface area (Å²) in [5, 5.41) is 9.58. The van der Waals surface area contributed by atoms with Crippen LogP contribution in [0.1, 0.15) is 37.0 Å². The molecule has 2 aliphatic rings. The minimum absolute atomic E-state index is 0.246. The molecule has 0 saturated carbocycles. The molecule has 0 spiro atoms. The maximum absolute atomic E-state index is 6.29. The summed E-state index contributed by atoms with van der Waals surface area (Å²) in [5.74, 6) is 2.66. The van der Waals surface area contributed by atoms with Crippen molar-refractivity contribution in [2.75, 3.05) is 26.3 Å². The van der Waals surface area contributed by atoms with Crippen LogP contribution in [0.3, 0.4) is 0 Å². The van der Waals surface area contributed by atoms with Gasteiger partial charge in [-0.2, -0.15) is 0 Å². The van der Waals surface area contributed by atoms with Crippen molar-refractivity contribution in [3.05, 3.63) is 42.2 Å². The highest BCUT2D eigenvalue weighted by molar-refractivity contribution is 5.85. The average Bonchev–Trinajstić information content (AvgIpc) is 3.45. The summed E-state index contributed by atoms with van der Waals surface area (Å²) >= 11 is 0. The Balaban J connectivity index is 1.15. The standard InChI is InChI=1S/C20H24N4O3/c1-2-17-16(4-8-21-17)18(3-1)26-15-5-9-24(10-6-15)12-19-22-23-20(27-19)14-7-11-25-13-14/h1-4,8,14-15,21H,5-7,9-13H2. The van der Waals surface area contributed by atoms with Gasteiger partial charge in [-0.3, -0.25) is 4.90 Å². The summed E-state index contributed by atoms with van der Waals surface area (Å²) in [5.41, 5.74) is 1.12. The fourth-order valence-corrected chi connectivity index (χ4v) is 3.94. The topological polar surface area (TPSA) is 76.4 Å². The average molecular weight is 368 g/mol. The Morgan fingerprint density at radius 2 is 2.07 bits per heavy atom. The smallest absolute Gasteiger partial charge is 0.230 e. The van der Waals surface area contributed by atoms with Crippen molar-refractivity contribution in [2.24, 2.45) is 0 Å². The Morgan fingerprint density at radius 1 is 1.15 bits per heavy atom. The van der Waals surface area contributed by atoms with Crippen molar-refractivity contribution in [2.45, 2.75) is 37.8 Å². The number of nitrogens with zero attached hydrogens (tertiary/aromatic N) is 3. The van der Waals surface area contributed by atoms with Crippen LogP contribution in [0.2, 0.25) is 0 Å². The van der Waals surface area contributed by atoms with Crippen LogP contribution in [0.4, 0.5) is 0 Å². The second-order valence-corrected chi connectivity index (χ2v) is 7.38. The van der Waals surface area contributed by atoms with Crippen molar-refractivity contribution in [1.29, 1.82) is 0 Å². The van der Waals surface area contributed by atoms with E-state index in [4.69, 9.17) is 13.9 Å². The molecule has 5 rings (SSSR count). The second-order valence-electron chi connectivity index (χ2n) is 7.38. The molecule has 0 amide bonds. The first-order valence-electron chi connectivity index (χ1n) is 9.70. The Morgan fingerprint density at radius 3 is 2.93 bits per heavy atom. The van der Waals surface area contributed by atoms with E-state index in [9.17, 15) is 0 Å². The van der Waals surface area contributed by atoms with Gasteiger partial charge in [0, 0.05) is 36.8 Å². The Kier molecular flexibility index (Phi) is 4.55. The number of piperidine rings is 1. The predicted octanol–water partition coefficient (Wildman–Crippen LogP) is 3.10. The van der Waals surface area contributed by atoms with E-state index in [0.717, 1.165) is 61.5 Å². The van der Waals surface area contributed by atoms with Crippen molar-refractivity contribution >= 4 is 10.9 Å². The van der Waals surface area contributed by atoms with Gasteiger partial charge in [0.15, 0.2) is 0 Å². The number of likely N-dealkylation sites (tertiary alicyclic amines) is 1. The third-order valence-electron chi connectivity index (χ3n) is 5.50. The monoisotopic (exact) mass is 368 g/mol. The van der Waals surface area contributed by atoms with E-state index >= 15 is 0 Å². The number of hydrogen-bond acceptors (Lipinski definition) is 6. The quantitative estimate of drug-likeness (QED) is 0.746. The number of aromatic nitrogens is 3. The van der Waals surface area contributed by atoms with E-state index < -0.39 is 0 Å². The van der Waals surface area contributed by atoms with Gasteiger partial charge in [-0.05, 0) is 37.5 Å². The number of fused-ring (bicyclic) bond motifs is 1. The lowest BCUT2D eigenvalue weighted by atomic mass is 10.1. The van der Waals surface area contributed by atoms with Crippen LogP contribution in [-0.4, -0.2) is 52.5 Å². The maximum atomic E-state index is 6.29. The highest BCUT2D eigenvalue weighted by Gasteiger charge is 2.26. The lowest BCUT2D eigenvalue weighted by Crippen LogP contribution is -2.37. The van der Waals surface area contributed by atoms with E-state index in [-0.39, 0.29) is 12.0 Å². The minimum atomic E-state index is 0.246. The van der Waals surface area contributed by atoms with Crippen LogP contribution in [0.25, 0.3) is 10.9 Å². The Labute approximate surface area is 157 Å². The third-order valence-corrected chi connectivity index (χ3v) is 5.50. The molecule has 27 heavy (non-hydrogen) atoms. The molecular formula is C20H24N4O3. The van der Waals surface area contributed by atoms with Crippen molar-refractivity contribution in [3.63, 3.8) is 0 Å². The van der Waals surface area contributed by atoms with Crippen LogP contribution >= 0.6 is 0 Å². The van der Waals surface area contributed by atoms with Crippen LogP contribution < -0.4 is 4.74 Å². The molecule has 7 heteroatoms. The number of rotatable bonds is 5. The summed E-state index contributed by atoms with van der Waals surface area (Å²) in [4.78, 5) is 5.59. The molecule has 142 valence electrons. The molecule has 2 saturated heterocycles. The second kappa shape index (κ2) is 7.32. The fourth-order valence-electron chi connectivity index (χ4n) is 3.94. The van der Waals surface area contributed by atoms with E-state index in [1.807, 2.05) is 12.3 Å². The summed E-state index contributed by atoms with van der Waals surface area (Å²) in [7, 11) is 0. The van der Waals surface area contributed by atoms with E-state index in [1.54, 1.807) is 0 Å². The molecule has 0 bridgehead atoms. The first kappa shape index (κ1) is 16.8. The van der Waals surface area contributed by atoms with Gasteiger partial charge in [0.25, 0.3) is 0 Å². The lowest BCUT2D eigenvalue weighted by molar-refractivity contribution is 0.0925. The zero-order valence-electron chi connectivity index (χ0n) is 15.3. The van der Waals surface area contributed by atoms with E-state index in [1.165, 1.54) is 0 Å². The molecule has 3 aromatic rings. The molecular weight excluding hydrogens is 344 g/mol. The summed E-state index contributed by atoms with van der Waals surface area (Å²) in [6, 6.07) is 8.23. The zero-order valence-corrected chi connectivity index (χ0v) is 15.3. The van der Waals surface area contributed by atoms with E-state index in [0.29, 0.717) is 19.0 Å². The number of benzene rings is 1. The molecule has 7 nitrogen and oxygen atoms in total. The summed E-state index contributed by atoms with van der Waals surface area (Å²) < 4.78 is 17.5. The van der Waals surface area contributed by atoms with E-state index in [2.05, 4.69) is 38.3 Å². The van der Waals surface area contributed by atoms with Crippen molar-refractivity contribution in [3.8, 4) is 5.75 Å². The highest BCUT2D eigenvalue weighted by Crippen LogP contribution is 2.28. The molecule has 2 aromatic heterocycles. The van der Waals surface area contributed by atoms with Crippen molar-refractivity contribution in [1.82, 2.24) is 20.1 Å². The van der Waals surface area contributed by atoms with Crippen molar-refractivity contribution < 1.29 is 13.9 Å². The highest BCUT2D eigenvalue weighted by atomic mass is 16.5. The maximum Gasteiger partial charge on any atom is 0.230 e. The number of hydrogen-bond donors (Lipinski definition) is 1.